The molecule has 0 aliphatic heterocycles. The summed E-state index contributed by atoms with van der Waals surface area (Å²) < 4.78 is 0. The normalized spacial score (nSPS) is 11.0. The first-order chi connectivity index (χ1) is 22.8. The zero-order valence-electron chi connectivity index (χ0n) is 25.4. The fourth-order valence-electron chi connectivity index (χ4n) is 6.53. The minimum absolute atomic E-state index is 1.09. The van der Waals surface area contributed by atoms with E-state index < -0.39 is 0 Å². The minimum Gasteiger partial charge on any atom is -0.308 e. The molecule has 0 fully saturated rings. The van der Waals surface area contributed by atoms with Crippen molar-refractivity contribution in [3.63, 3.8) is 0 Å². The lowest BCUT2D eigenvalue weighted by Gasteiger charge is -2.33. The molecular formula is C44H32N2. The van der Waals surface area contributed by atoms with Crippen molar-refractivity contribution in [2.45, 2.75) is 0 Å². The molecule has 0 aromatic heterocycles. The molecule has 8 rings (SSSR count). The molecule has 8 aromatic rings. The van der Waals surface area contributed by atoms with Gasteiger partial charge in [-0.05, 0) is 99.4 Å². The second-order valence-corrected chi connectivity index (χ2v) is 11.4. The van der Waals surface area contributed by atoms with Gasteiger partial charge in [-0.15, -0.1) is 0 Å². The Morgan fingerprint density at radius 1 is 0.283 bits per heavy atom. The van der Waals surface area contributed by atoms with Gasteiger partial charge in [0.05, 0.1) is 11.4 Å². The maximum absolute atomic E-state index is 2.36. The Balaban J connectivity index is 1.31. The van der Waals surface area contributed by atoms with Crippen LogP contribution in [0.2, 0.25) is 0 Å². The zero-order chi connectivity index (χ0) is 30.7. The van der Waals surface area contributed by atoms with Gasteiger partial charge in [-0.1, -0.05) is 127 Å². The average molecular weight is 589 g/mol. The molecule has 0 aliphatic rings. The van der Waals surface area contributed by atoms with Crippen molar-refractivity contribution in [2.24, 2.45) is 0 Å². The van der Waals surface area contributed by atoms with E-state index in [1.807, 2.05) is 0 Å². The Hall–Kier alpha value is -6.12. The number of anilines is 6. The Bertz CT molecular complexity index is 2150. The summed E-state index contributed by atoms with van der Waals surface area (Å²) in [4.78, 5) is 4.70. The fourth-order valence-corrected chi connectivity index (χ4v) is 6.53. The highest BCUT2D eigenvalue weighted by molar-refractivity contribution is 6.12. The molecule has 0 N–H and O–H groups in total. The van der Waals surface area contributed by atoms with E-state index in [1.165, 1.54) is 32.7 Å². The molecule has 8 aromatic carbocycles. The molecule has 0 saturated carbocycles. The van der Waals surface area contributed by atoms with Crippen molar-refractivity contribution in [2.75, 3.05) is 9.80 Å². The van der Waals surface area contributed by atoms with Crippen LogP contribution in [0.1, 0.15) is 0 Å². The van der Waals surface area contributed by atoms with Gasteiger partial charge in [-0.3, -0.25) is 0 Å². The molecule has 2 nitrogen and oxygen atoms in total. The largest absolute Gasteiger partial charge is 0.308 e. The van der Waals surface area contributed by atoms with Crippen LogP contribution in [0.3, 0.4) is 0 Å². The molecule has 0 heterocycles. The zero-order valence-corrected chi connectivity index (χ0v) is 25.4. The van der Waals surface area contributed by atoms with Gasteiger partial charge in [0, 0.05) is 22.7 Å². The van der Waals surface area contributed by atoms with Gasteiger partial charge in [-0.25, -0.2) is 0 Å². The predicted molar refractivity (Wildman–Crippen MR) is 196 cm³/mol. The summed E-state index contributed by atoms with van der Waals surface area (Å²) in [5, 5.41) is 5.03. The standard InChI is InChI=1S/C44H32N2/c1-4-18-36(19-5-1)45(37-20-6-2-7-21-37)42-26-14-15-27-43(42)46(38-22-8-3-9-23-38)39-30-28-33(29-31-39)44-40-24-12-10-16-34(40)32-35-17-11-13-25-41(35)44/h1-32H. The van der Waals surface area contributed by atoms with Crippen molar-refractivity contribution in [1.29, 1.82) is 0 Å². The fraction of sp³-hybridized carbons (Fsp3) is 0. The van der Waals surface area contributed by atoms with Crippen molar-refractivity contribution in [3.8, 4) is 11.1 Å². The van der Waals surface area contributed by atoms with Crippen LogP contribution in [0.25, 0.3) is 32.7 Å². The quantitative estimate of drug-likeness (QED) is 0.171. The number of rotatable bonds is 7. The van der Waals surface area contributed by atoms with E-state index in [-0.39, 0.29) is 0 Å². The summed E-state index contributed by atoms with van der Waals surface area (Å²) >= 11 is 0. The Kier molecular flexibility index (Phi) is 7.22. The molecule has 2 heteroatoms. The Morgan fingerprint density at radius 3 is 1.07 bits per heavy atom. The number of hydrogen-bond acceptors (Lipinski definition) is 2. The van der Waals surface area contributed by atoms with Crippen molar-refractivity contribution >= 4 is 55.7 Å². The first-order valence-electron chi connectivity index (χ1n) is 15.7. The number of para-hydroxylation sites is 5. The third kappa shape index (κ3) is 5.06. The second kappa shape index (κ2) is 12.1. The molecule has 46 heavy (non-hydrogen) atoms. The van der Waals surface area contributed by atoms with Crippen LogP contribution in [-0.4, -0.2) is 0 Å². The molecule has 0 radical (unpaired) electrons. The SMILES string of the molecule is c1ccc(N(c2ccccc2)c2ccccc2N(c2ccccc2)c2ccc(-c3c4ccccc4cc4ccccc34)cc2)cc1. The first kappa shape index (κ1) is 27.4. The molecular weight excluding hydrogens is 556 g/mol. The van der Waals surface area contributed by atoms with Gasteiger partial charge in [0.15, 0.2) is 0 Å². The predicted octanol–water partition coefficient (Wildman–Crippen LogP) is 12.6. The van der Waals surface area contributed by atoms with Crippen molar-refractivity contribution in [1.82, 2.24) is 0 Å². The van der Waals surface area contributed by atoms with Gasteiger partial charge < -0.3 is 9.80 Å². The van der Waals surface area contributed by atoms with E-state index in [9.17, 15) is 0 Å². The monoisotopic (exact) mass is 588 g/mol. The van der Waals surface area contributed by atoms with Crippen LogP contribution < -0.4 is 9.80 Å². The number of hydrogen-bond donors (Lipinski definition) is 0. The lowest BCUT2D eigenvalue weighted by atomic mass is 9.92. The molecule has 0 unspecified atom stereocenters. The molecule has 0 saturated heterocycles. The number of fused-ring (bicyclic) bond motifs is 2. The molecule has 0 bridgehead atoms. The summed E-state index contributed by atoms with van der Waals surface area (Å²) in [6.45, 7) is 0. The smallest absolute Gasteiger partial charge is 0.0702 e. The van der Waals surface area contributed by atoms with Gasteiger partial charge in [0.2, 0.25) is 0 Å². The highest BCUT2D eigenvalue weighted by Crippen LogP contribution is 2.46. The molecule has 0 atom stereocenters. The van der Waals surface area contributed by atoms with Gasteiger partial charge in [0.1, 0.15) is 0 Å². The highest BCUT2D eigenvalue weighted by Gasteiger charge is 2.22. The van der Waals surface area contributed by atoms with Crippen LogP contribution in [0.5, 0.6) is 0 Å². The van der Waals surface area contributed by atoms with Crippen LogP contribution in [0.4, 0.5) is 34.1 Å². The topological polar surface area (TPSA) is 6.48 Å². The van der Waals surface area contributed by atoms with E-state index in [4.69, 9.17) is 0 Å². The highest BCUT2D eigenvalue weighted by atomic mass is 15.2. The lowest BCUT2D eigenvalue weighted by Crippen LogP contribution is -2.16. The van der Waals surface area contributed by atoms with Crippen LogP contribution in [0.15, 0.2) is 194 Å². The van der Waals surface area contributed by atoms with Gasteiger partial charge in [-0.2, -0.15) is 0 Å². The summed E-state index contributed by atoms with van der Waals surface area (Å²) in [7, 11) is 0. The average Bonchev–Trinajstić information content (AvgIpc) is 3.13. The van der Waals surface area contributed by atoms with E-state index in [1.54, 1.807) is 0 Å². The number of benzene rings is 8. The Morgan fingerprint density at radius 2 is 0.630 bits per heavy atom. The first-order valence-corrected chi connectivity index (χ1v) is 15.7. The minimum atomic E-state index is 1.09. The van der Waals surface area contributed by atoms with Crippen LogP contribution >= 0.6 is 0 Å². The summed E-state index contributed by atoms with van der Waals surface area (Å²) in [6.07, 6.45) is 0. The van der Waals surface area contributed by atoms with Crippen molar-refractivity contribution < 1.29 is 0 Å². The van der Waals surface area contributed by atoms with E-state index in [0.717, 1.165) is 34.1 Å². The third-order valence-corrected chi connectivity index (χ3v) is 8.59. The molecule has 0 spiro atoms. The maximum Gasteiger partial charge on any atom is 0.0702 e. The van der Waals surface area contributed by atoms with Crippen LogP contribution in [-0.2, 0) is 0 Å². The summed E-state index contributed by atoms with van der Waals surface area (Å²) in [6, 6.07) is 69.2. The second-order valence-electron chi connectivity index (χ2n) is 11.4. The maximum atomic E-state index is 2.36. The van der Waals surface area contributed by atoms with Gasteiger partial charge >= 0.3 is 0 Å². The van der Waals surface area contributed by atoms with E-state index >= 15 is 0 Å². The van der Waals surface area contributed by atoms with E-state index in [0.29, 0.717) is 0 Å². The van der Waals surface area contributed by atoms with Crippen LogP contribution in [0, 0.1) is 0 Å². The van der Waals surface area contributed by atoms with E-state index in [2.05, 4.69) is 204 Å². The molecule has 0 amide bonds. The third-order valence-electron chi connectivity index (χ3n) is 8.59. The Labute approximate surface area is 270 Å². The summed E-state index contributed by atoms with van der Waals surface area (Å²) in [5.41, 5.74) is 9.05. The molecule has 0 aliphatic carbocycles. The van der Waals surface area contributed by atoms with Crippen molar-refractivity contribution in [3.05, 3.63) is 194 Å². The van der Waals surface area contributed by atoms with Gasteiger partial charge in [0.25, 0.3) is 0 Å². The summed E-state index contributed by atoms with van der Waals surface area (Å²) in [5.74, 6) is 0. The lowest BCUT2D eigenvalue weighted by molar-refractivity contribution is 1.23. The number of nitrogens with zero attached hydrogens (tertiary/aromatic N) is 2. The molecule has 218 valence electrons.